The SMILES string of the molecule is Cc1cccc(C(C=O)Cc2ccc(F)cc2)n1. The summed E-state index contributed by atoms with van der Waals surface area (Å²) >= 11 is 0. The topological polar surface area (TPSA) is 30.0 Å². The van der Waals surface area contributed by atoms with Crippen molar-refractivity contribution in [3.05, 3.63) is 65.2 Å². The predicted molar refractivity (Wildman–Crippen MR) is 67.9 cm³/mol. The van der Waals surface area contributed by atoms with Gasteiger partial charge in [0, 0.05) is 5.69 Å². The number of halogens is 1. The standard InChI is InChI=1S/C15H14FNO/c1-11-3-2-4-15(17-11)13(10-18)9-12-5-7-14(16)8-6-12/h2-8,10,13H,9H2,1H3. The number of carbonyl (C=O) groups excluding carboxylic acids is 1. The monoisotopic (exact) mass is 243 g/mol. The van der Waals surface area contributed by atoms with Gasteiger partial charge in [0.05, 0.1) is 11.6 Å². The number of rotatable bonds is 4. The van der Waals surface area contributed by atoms with E-state index in [1.54, 1.807) is 12.1 Å². The summed E-state index contributed by atoms with van der Waals surface area (Å²) in [6.45, 7) is 1.89. The molecule has 0 bridgehead atoms. The molecule has 0 fully saturated rings. The van der Waals surface area contributed by atoms with Crippen molar-refractivity contribution in [2.45, 2.75) is 19.3 Å². The maximum atomic E-state index is 12.8. The number of hydrogen-bond acceptors (Lipinski definition) is 2. The average molecular weight is 243 g/mol. The molecule has 2 rings (SSSR count). The molecule has 3 heteroatoms. The molecule has 92 valence electrons. The first kappa shape index (κ1) is 12.4. The summed E-state index contributed by atoms with van der Waals surface area (Å²) in [6, 6.07) is 11.8. The number of aldehydes is 1. The van der Waals surface area contributed by atoms with Gasteiger partial charge < -0.3 is 4.79 Å². The predicted octanol–water partition coefficient (Wildman–Crippen LogP) is 3.05. The van der Waals surface area contributed by atoms with Crippen molar-refractivity contribution in [3.8, 4) is 0 Å². The van der Waals surface area contributed by atoms with Gasteiger partial charge in [0.25, 0.3) is 0 Å². The second-order valence-corrected chi connectivity index (χ2v) is 4.28. The summed E-state index contributed by atoms with van der Waals surface area (Å²) in [4.78, 5) is 15.5. The normalized spacial score (nSPS) is 12.1. The Morgan fingerprint density at radius 1 is 1.22 bits per heavy atom. The van der Waals surface area contributed by atoms with Crippen LogP contribution in [0.25, 0.3) is 0 Å². The molecule has 0 aliphatic rings. The fraction of sp³-hybridized carbons (Fsp3) is 0.200. The molecule has 1 heterocycles. The first-order valence-corrected chi connectivity index (χ1v) is 5.82. The van der Waals surface area contributed by atoms with Crippen molar-refractivity contribution in [1.82, 2.24) is 4.98 Å². The van der Waals surface area contributed by atoms with Crippen LogP contribution in [0.1, 0.15) is 22.9 Å². The molecule has 1 atom stereocenters. The summed E-state index contributed by atoms with van der Waals surface area (Å²) in [6.07, 6.45) is 1.44. The minimum absolute atomic E-state index is 0.268. The number of nitrogens with zero attached hydrogens (tertiary/aromatic N) is 1. The van der Waals surface area contributed by atoms with Crippen molar-refractivity contribution < 1.29 is 9.18 Å². The smallest absolute Gasteiger partial charge is 0.129 e. The van der Waals surface area contributed by atoms with E-state index in [0.29, 0.717) is 6.42 Å². The van der Waals surface area contributed by atoms with Gasteiger partial charge in [-0.25, -0.2) is 4.39 Å². The molecule has 0 spiro atoms. The van der Waals surface area contributed by atoms with Crippen LogP contribution in [0.2, 0.25) is 0 Å². The highest BCUT2D eigenvalue weighted by Crippen LogP contribution is 2.17. The molecular formula is C15H14FNO. The van der Waals surface area contributed by atoms with E-state index in [4.69, 9.17) is 0 Å². The molecule has 0 radical (unpaired) electrons. The second kappa shape index (κ2) is 5.54. The van der Waals surface area contributed by atoms with Crippen LogP contribution in [0.4, 0.5) is 4.39 Å². The zero-order valence-electron chi connectivity index (χ0n) is 10.1. The Morgan fingerprint density at radius 3 is 2.56 bits per heavy atom. The summed E-state index contributed by atoms with van der Waals surface area (Å²) in [7, 11) is 0. The van der Waals surface area contributed by atoms with E-state index < -0.39 is 0 Å². The van der Waals surface area contributed by atoms with Gasteiger partial charge in [-0.05, 0) is 43.2 Å². The Balaban J connectivity index is 2.19. The first-order chi connectivity index (χ1) is 8.69. The Morgan fingerprint density at radius 2 is 1.94 bits per heavy atom. The molecule has 2 aromatic rings. The molecular weight excluding hydrogens is 229 g/mol. The van der Waals surface area contributed by atoms with E-state index in [2.05, 4.69) is 4.98 Å². The number of benzene rings is 1. The lowest BCUT2D eigenvalue weighted by Crippen LogP contribution is -2.07. The third-order valence-corrected chi connectivity index (χ3v) is 2.82. The summed E-state index contributed by atoms with van der Waals surface area (Å²) in [5.41, 5.74) is 2.57. The molecule has 2 nitrogen and oxygen atoms in total. The average Bonchev–Trinajstić information content (AvgIpc) is 2.38. The highest BCUT2D eigenvalue weighted by Gasteiger charge is 2.12. The lowest BCUT2D eigenvalue weighted by atomic mass is 9.97. The van der Waals surface area contributed by atoms with Gasteiger partial charge in [0.15, 0.2) is 0 Å². The van der Waals surface area contributed by atoms with E-state index >= 15 is 0 Å². The number of hydrogen-bond donors (Lipinski definition) is 0. The second-order valence-electron chi connectivity index (χ2n) is 4.28. The summed E-state index contributed by atoms with van der Waals surface area (Å²) in [5.74, 6) is -0.551. The fourth-order valence-corrected chi connectivity index (χ4v) is 1.87. The van der Waals surface area contributed by atoms with Gasteiger partial charge in [0.2, 0.25) is 0 Å². The zero-order chi connectivity index (χ0) is 13.0. The highest BCUT2D eigenvalue weighted by molar-refractivity contribution is 5.61. The first-order valence-electron chi connectivity index (χ1n) is 5.82. The quantitative estimate of drug-likeness (QED) is 0.772. The number of aryl methyl sites for hydroxylation is 1. The van der Waals surface area contributed by atoms with E-state index in [0.717, 1.165) is 23.2 Å². The maximum absolute atomic E-state index is 12.8. The van der Waals surface area contributed by atoms with Crippen LogP contribution in [-0.2, 0) is 11.2 Å². The van der Waals surface area contributed by atoms with Gasteiger partial charge >= 0.3 is 0 Å². The van der Waals surface area contributed by atoms with E-state index in [9.17, 15) is 9.18 Å². The largest absolute Gasteiger partial charge is 0.303 e. The van der Waals surface area contributed by atoms with Crippen LogP contribution in [0.5, 0.6) is 0 Å². The lowest BCUT2D eigenvalue weighted by molar-refractivity contribution is -0.109. The molecule has 1 aromatic heterocycles. The molecule has 18 heavy (non-hydrogen) atoms. The van der Waals surface area contributed by atoms with Crippen LogP contribution < -0.4 is 0 Å². The third kappa shape index (κ3) is 3.00. The van der Waals surface area contributed by atoms with Gasteiger partial charge in [-0.15, -0.1) is 0 Å². The van der Waals surface area contributed by atoms with Crippen molar-refractivity contribution in [1.29, 1.82) is 0 Å². The summed E-state index contributed by atoms with van der Waals surface area (Å²) < 4.78 is 12.8. The van der Waals surface area contributed by atoms with Crippen LogP contribution in [0.15, 0.2) is 42.5 Å². The number of carbonyl (C=O) groups is 1. The maximum Gasteiger partial charge on any atom is 0.129 e. The molecule has 1 aromatic carbocycles. The van der Waals surface area contributed by atoms with Crippen molar-refractivity contribution in [2.75, 3.05) is 0 Å². The minimum Gasteiger partial charge on any atom is -0.303 e. The zero-order valence-corrected chi connectivity index (χ0v) is 10.1. The third-order valence-electron chi connectivity index (χ3n) is 2.82. The molecule has 0 amide bonds. The Labute approximate surface area is 105 Å². The molecule has 0 aliphatic carbocycles. The number of pyridine rings is 1. The number of aromatic nitrogens is 1. The molecule has 1 unspecified atom stereocenters. The van der Waals surface area contributed by atoms with Gasteiger partial charge in [-0.1, -0.05) is 18.2 Å². The van der Waals surface area contributed by atoms with Gasteiger partial charge in [-0.2, -0.15) is 0 Å². The highest BCUT2D eigenvalue weighted by atomic mass is 19.1. The minimum atomic E-state index is -0.282. The molecule has 0 aliphatic heterocycles. The van der Waals surface area contributed by atoms with Crippen molar-refractivity contribution in [3.63, 3.8) is 0 Å². The Bertz CT molecular complexity index is 536. The van der Waals surface area contributed by atoms with Gasteiger partial charge in [-0.3, -0.25) is 4.98 Å². The van der Waals surface area contributed by atoms with Crippen molar-refractivity contribution in [2.24, 2.45) is 0 Å². The molecule has 0 N–H and O–H groups in total. The molecule has 0 saturated carbocycles. The van der Waals surface area contributed by atoms with Crippen LogP contribution in [0, 0.1) is 12.7 Å². The van der Waals surface area contributed by atoms with Crippen LogP contribution in [-0.4, -0.2) is 11.3 Å². The lowest BCUT2D eigenvalue weighted by Gasteiger charge is -2.10. The van der Waals surface area contributed by atoms with E-state index in [1.165, 1.54) is 12.1 Å². The Hall–Kier alpha value is -2.03. The van der Waals surface area contributed by atoms with E-state index in [-0.39, 0.29) is 11.7 Å². The van der Waals surface area contributed by atoms with E-state index in [1.807, 2.05) is 25.1 Å². The van der Waals surface area contributed by atoms with Crippen LogP contribution in [0.3, 0.4) is 0 Å². The summed E-state index contributed by atoms with van der Waals surface area (Å²) in [5, 5.41) is 0. The van der Waals surface area contributed by atoms with Crippen LogP contribution >= 0.6 is 0 Å². The van der Waals surface area contributed by atoms with Gasteiger partial charge in [0.1, 0.15) is 12.1 Å². The van der Waals surface area contributed by atoms with Crippen molar-refractivity contribution >= 4 is 6.29 Å². The Kier molecular flexibility index (Phi) is 3.82. The fourth-order valence-electron chi connectivity index (χ4n) is 1.87. The molecule has 0 saturated heterocycles.